The SMILES string of the molecule is CC(=O)OCC1CCCN2CCCCC12. The summed E-state index contributed by atoms with van der Waals surface area (Å²) in [7, 11) is 0. The van der Waals surface area contributed by atoms with E-state index in [1.54, 1.807) is 0 Å². The van der Waals surface area contributed by atoms with Gasteiger partial charge < -0.3 is 4.74 Å². The van der Waals surface area contributed by atoms with Gasteiger partial charge in [-0.05, 0) is 38.8 Å². The van der Waals surface area contributed by atoms with Gasteiger partial charge in [-0.15, -0.1) is 0 Å². The first-order valence-corrected chi connectivity index (χ1v) is 6.15. The Morgan fingerprint density at radius 1 is 1.27 bits per heavy atom. The summed E-state index contributed by atoms with van der Waals surface area (Å²) in [6.45, 7) is 4.64. The van der Waals surface area contributed by atoms with E-state index in [1.165, 1.54) is 52.1 Å². The zero-order chi connectivity index (χ0) is 10.7. The molecule has 3 heteroatoms. The first-order valence-electron chi connectivity index (χ1n) is 6.15. The summed E-state index contributed by atoms with van der Waals surface area (Å²) in [4.78, 5) is 13.4. The molecule has 2 atom stereocenters. The van der Waals surface area contributed by atoms with Crippen LogP contribution in [0.25, 0.3) is 0 Å². The Balaban J connectivity index is 1.88. The highest BCUT2D eigenvalue weighted by Crippen LogP contribution is 2.30. The molecule has 0 saturated carbocycles. The van der Waals surface area contributed by atoms with Gasteiger partial charge in [0, 0.05) is 18.9 Å². The fraction of sp³-hybridized carbons (Fsp3) is 0.917. The van der Waals surface area contributed by atoms with Crippen molar-refractivity contribution >= 4 is 5.97 Å². The van der Waals surface area contributed by atoms with E-state index in [0.717, 1.165) is 0 Å². The van der Waals surface area contributed by atoms with E-state index in [4.69, 9.17) is 4.74 Å². The van der Waals surface area contributed by atoms with Gasteiger partial charge in [0.15, 0.2) is 0 Å². The first kappa shape index (κ1) is 10.9. The smallest absolute Gasteiger partial charge is 0.302 e. The summed E-state index contributed by atoms with van der Waals surface area (Å²) < 4.78 is 5.16. The molecule has 2 fully saturated rings. The van der Waals surface area contributed by atoms with Crippen LogP contribution in [-0.4, -0.2) is 36.6 Å². The number of carbonyl (C=O) groups is 1. The molecule has 0 aromatic heterocycles. The number of rotatable bonds is 2. The van der Waals surface area contributed by atoms with Gasteiger partial charge in [-0.1, -0.05) is 6.42 Å². The minimum atomic E-state index is -0.136. The van der Waals surface area contributed by atoms with Gasteiger partial charge in [0.05, 0.1) is 6.61 Å². The average molecular weight is 211 g/mol. The minimum Gasteiger partial charge on any atom is -0.466 e. The normalized spacial score (nSPS) is 32.1. The highest BCUT2D eigenvalue weighted by atomic mass is 16.5. The van der Waals surface area contributed by atoms with E-state index in [9.17, 15) is 4.79 Å². The van der Waals surface area contributed by atoms with Crippen LogP contribution in [0, 0.1) is 5.92 Å². The lowest BCUT2D eigenvalue weighted by Crippen LogP contribution is -2.49. The molecular formula is C12H21NO2. The number of hydrogen-bond donors (Lipinski definition) is 0. The number of hydrogen-bond acceptors (Lipinski definition) is 3. The molecule has 2 saturated heterocycles. The van der Waals surface area contributed by atoms with Gasteiger partial charge in [-0.2, -0.15) is 0 Å². The highest BCUT2D eigenvalue weighted by Gasteiger charge is 2.33. The Bertz CT molecular complexity index is 228. The van der Waals surface area contributed by atoms with Crippen LogP contribution < -0.4 is 0 Å². The van der Waals surface area contributed by atoms with Gasteiger partial charge in [0.2, 0.25) is 0 Å². The first-order chi connectivity index (χ1) is 7.27. The predicted molar refractivity (Wildman–Crippen MR) is 58.6 cm³/mol. The lowest BCUT2D eigenvalue weighted by atomic mass is 9.84. The Kier molecular flexibility index (Phi) is 3.62. The Morgan fingerprint density at radius 3 is 2.87 bits per heavy atom. The number of nitrogens with zero attached hydrogens (tertiary/aromatic N) is 1. The molecule has 2 aliphatic heterocycles. The lowest BCUT2D eigenvalue weighted by Gasteiger charge is -2.44. The van der Waals surface area contributed by atoms with Crippen molar-refractivity contribution in [2.24, 2.45) is 5.92 Å². The topological polar surface area (TPSA) is 29.5 Å². The summed E-state index contributed by atoms with van der Waals surface area (Å²) in [5.41, 5.74) is 0. The highest BCUT2D eigenvalue weighted by molar-refractivity contribution is 5.65. The molecule has 2 heterocycles. The van der Waals surface area contributed by atoms with E-state index in [-0.39, 0.29) is 5.97 Å². The molecule has 2 unspecified atom stereocenters. The lowest BCUT2D eigenvalue weighted by molar-refractivity contribution is -0.143. The molecule has 0 amide bonds. The number of ether oxygens (including phenoxy) is 1. The van der Waals surface area contributed by atoms with Crippen LogP contribution in [-0.2, 0) is 9.53 Å². The second-order valence-corrected chi connectivity index (χ2v) is 4.80. The van der Waals surface area contributed by atoms with E-state index < -0.39 is 0 Å². The molecule has 3 nitrogen and oxygen atoms in total. The van der Waals surface area contributed by atoms with Crippen LogP contribution in [0.3, 0.4) is 0 Å². The fourth-order valence-corrected chi connectivity index (χ4v) is 3.00. The van der Waals surface area contributed by atoms with Crippen molar-refractivity contribution in [1.29, 1.82) is 0 Å². The summed E-state index contributed by atoms with van der Waals surface area (Å²) in [5, 5.41) is 0. The molecule has 2 aliphatic rings. The van der Waals surface area contributed by atoms with Crippen molar-refractivity contribution in [2.75, 3.05) is 19.7 Å². The van der Waals surface area contributed by atoms with E-state index in [2.05, 4.69) is 4.90 Å². The average Bonchev–Trinajstić information content (AvgIpc) is 2.26. The Morgan fingerprint density at radius 2 is 2.07 bits per heavy atom. The van der Waals surface area contributed by atoms with Crippen molar-refractivity contribution in [3.63, 3.8) is 0 Å². The maximum absolute atomic E-state index is 10.8. The van der Waals surface area contributed by atoms with Crippen LogP contribution >= 0.6 is 0 Å². The third-order valence-electron chi connectivity index (χ3n) is 3.73. The molecule has 0 aliphatic carbocycles. The van der Waals surface area contributed by atoms with E-state index in [0.29, 0.717) is 18.6 Å². The third-order valence-corrected chi connectivity index (χ3v) is 3.73. The van der Waals surface area contributed by atoms with Crippen molar-refractivity contribution in [1.82, 2.24) is 4.90 Å². The van der Waals surface area contributed by atoms with Crippen LogP contribution in [0.15, 0.2) is 0 Å². The van der Waals surface area contributed by atoms with Gasteiger partial charge >= 0.3 is 5.97 Å². The quantitative estimate of drug-likeness (QED) is 0.652. The van der Waals surface area contributed by atoms with Gasteiger partial charge in [0.25, 0.3) is 0 Å². The van der Waals surface area contributed by atoms with E-state index >= 15 is 0 Å². The predicted octanol–water partition coefficient (Wildman–Crippen LogP) is 1.81. The second kappa shape index (κ2) is 4.97. The van der Waals surface area contributed by atoms with Crippen LogP contribution in [0.4, 0.5) is 0 Å². The maximum Gasteiger partial charge on any atom is 0.302 e. The maximum atomic E-state index is 10.8. The van der Waals surface area contributed by atoms with Crippen LogP contribution in [0.2, 0.25) is 0 Å². The zero-order valence-electron chi connectivity index (χ0n) is 9.58. The standard InChI is InChI=1S/C12H21NO2/c1-10(14)15-9-11-5-4-8-13-7-3-2-6-12(11)13/h11-12H,2-9H2,1H3. The Hall–Kier alpha value is -0.570. The number of piperidine rings is 2. The fourth-order valence-electron chi connectivity index (χ4n) is 3.00. The summed E-state index contributed by atoms with van der Waals surface area (Å²) in [6.07, 6.45) is 6.48. The molecule has 0 bridgehead atoms. The number of fused-ring (bicyclic) bond motifs is 1. The molecule has 86 valence electrons. The Labute approximate surface area is 91.8 Å². The van der Waals surface area contributed by atoms with Crippen LogP contribution in [0.5, 0.6) is 0 Å². The molecular weight excluding hydrogens is 190 g/mol. The number of esters is 1. The summed E-state index contributed by atoms with van der Waals surface area (Å²) >= 11 is 0. The minimum absolute atomic E-state index is 0.136. The molecule has 15 heavy (non-hydrogen) atoms. The number of carbonyl (C=O) groups excluding carboxylic acids is 1. The van der Waals surface area contributed by atoms with E-state index in [1.807, 2.05) is 0 Å². The third kappa shape index (κ3) is 2.71. The van der Waals surface area contributed by atoms with Crippen molar-refractivity contribution in [3.8, 4) is 0 Å². The molecule has 0 aromatic rings. The zero-order valence-corrected chi connectivity index (χ0v) is 9.58. The second-order valence-electron chi connectivity index (χ2n) is 4.80. The van der Waals surface area contributed by atoms with Crippen LogP contribution in [0.1, 0.15) is 39.0 Å². The molecule has 0 spiro atoms. The summed E-state index contributed by atoms with van der Waals surface area (Å²) in [5.74, 6) is 0.450. The summed E-state index contributed by atoms with van der Waals surface area (Å²) in [6, 6.07) is 0.687. The largest absolute Gasteiger partial charge is 0.466 e. The molecule has 0 radical (unpaired) electrons. The van der Waals surface area contributed by atoms with Gasteiger partial charge in [0.1, 0.15) is 0 Å². The van der Waals surface area contributed by atoms with Crippen molar-refractivity contribution in [2.45, 2.75) is 45.1 Å². The monoisotopic (exact) mass is 211 g/mol. The molecule has 0 aromatic carbocycles. The van der Waals surface area contributed by atoms with Gasteiger partial charge in [-0.25, -0.2) is 0 Å². The molecule has 2 rings (SSSR count). The van der Waals surface area contributed by atoms with Crippen molar-refractivity contribution < 1.29 is 9.53 Å². The molecule has 0 N–H and O–H groups in total. The van der Waals surface area contributed by atoms with Crippen molar-refractivity contribution in [3.05, 3.63) is 0 Å². The van der Waals surface area contributed by atoms with Gasteiger partial charge in [-0.3, -0.25) is 9.69 Å².